The molecule has 0 aliphatic heterocycles. The Bertz CT molecular complexity index is 3880. The van der Waals surface area contributed by atoms with Gasteiger partial charge in [-0.25, -0.2) is 37.4 Å². The summed E-state index contributed by atoms with van der Waals surface area (Å²) in [7, 11) is 2.99. The number of nitrogens with one attached hydrogen (secondary N) is 1. The van der Waals surface area contributed by atoms with Crippen LogP contribution in [-0.2, 0) is 14.1 Å². The zero-order valence-corrected chi connectivity index (χ0v) is 39.8. The lowest BCUT2D eigenvalue weighted by Crippen LogP contribution is -2.41. The number of hydrogen-bond donors (Lipinski definition) is 2. The predicted octanol–water partition coefficient (Wildman–Crippen LogP) is 7.51. The second-order valence-corrected chi connectivity index (χ2v) is 16.9. The van der Waals surface area contributed by atoms with Crippen LogP contribution >= 0.6 is 35.0 Å². The molecule has 19 heteroatoms. The number of nitrogen functional groups attached to an aromatic ring is 1. The van der Waals surface area contributed by atoms with Crippen LogP contribution in [0.2, 0.25) is 10.0 Å². The molecule has 0 saturated carbocycles. The number of para-hydroxylation sites is 4. The maximum Gasteiger partial charge on any atom is 0.350 e. The Hall–Kier alpha value is -8.51. The Kier molecular flexibility index (Phi) is 14.2. The number of nitrogens with zero attached hydrogens (tertiary/aromatic N) is 8. The van der Waals surface area contributed by atoms with Gasteiger partial charge in [0.2, 0.25) is 0 Å². The summed E-state index contributed by atoms with van der Waals surface area (Å²) in [5.74, 6) is 0.0415. The highest BCUT2D eigenvalue weighted by atomic mass is 35.5. The van der Waals surface area contributed by atoms with Crippen molar-refractivity contribution in [1.29, 1.82) is 0 Å². The number of benzene rings is 6. The minimum Gasteiger partial charge on any atom is -0.399 e. The second kappa shape index (κ2) is 20.8. The minimum absolute atomic E-state index is 0.0415. The van der Waals surface area contributed by atoms with Gasteiger partial charge in [0.05, 0.1) is 22.7 Å². The number of hydrogen-bond acceptors (Lipinski definition) is 11. The van der Waals surface area contributed by atoms with Gasteiger partial charge in [0, 0.05) is 35.5 Å². The van der Waals surface area contributed by atoms with Gasteiger partial charge < -0.3 is 11.1 Å². The maximum atomic E-state index is 13.8. The molecule has 4 aromatic heterocycles. The molecule has 0 saturated heterocycles. The summed E-state index contributed by atoms with van der Waals surface area (Å²) < 4.78 is 7.36. The van der Waals surface area contributed by atoms with Gasteiger partial charge in [-0.1, -0.05) is 96.0 Å². The topological polar surface area (TPSA) is 196 Å². The third kappa shape index (κ3) is 9.61. The van der Waals surface area contributed by atoms with E-state index in [1.54, 1.807) is 158 Å². The van der Waals surface area contributed by atoms with Crippen LogP contribution in [0.1, 0.15) is 0 Å². The summed E-state index contributed by atoms with van der Waals surface area (Å²) >= 11 is 12.7. The van der Waals surface area contributed by atoms with Crippen LogP contribution in [0.5, 0.6) is 0 Å². The average Bonchev–Trinajstić information content (AvgIpc) is 3.37. The standard InChI is InChI=1S/C25H18ClN5O3.C20H16N4O3S.C6H6ClN/c1-29-22-20(21(28-24(29)33)27-17-14-12-16(26)13-15-17)23(32)31(19-10-6-3-7-11-19)25(34)30(22)18-8-4-2-5-9-18;1-22-17-15(16(28-2)21-19(22)26)18(25)24(14-11-7-4-8-12-14)20(27)23(17)13-9-5-3-6-10-13;7-5-1-3-6(8)4-2-5/h2-15H,1H3,(H,27,28,33);3-12H,1-2H3;1-4H,8H2. The first-order valence-electron chi connectivity index (χ1n) is 21.2. The summed E-state index contributed by atoms with van der Waals surface area (Å²) in [6.45, 7) is 0. The molecule has 0 amide bonds. The molecular formula is C51H40Cl2N10O6S. The molecule has 0 aliphatic carbocycles. The zero-order valence-electron chi connectivity index (χ0n) is 37.4. The van der Waals surface area contributed by atoms with E-state index in [4.69, 9.17) is 28.9 Å². The van der Waals surface area contributed by atoms with Gasteiger partial charge in [-0.05, 0) is 103 Å². The first kappa shape index (κ1) is 48.0. The highest BCUT2D eigenvalue weighted by Gasteiger charge is 2.24. The van der Waals surface area contributed by atoms with Crippen LogP contribution in [0, 0.1) is 0 Å². The molecule has 6 aromatic carbocycles. The molecule has 16 nitrogen and oxygen atoms in total. The van der Waals surface area contributed by atoms with E-state index in [0.717, 1.165) is 19.8 Å². The number of aryl methyl sites for hydroxylation is 2. The molecule has 0 aliphatic rings. The van der Waals surface area contributed by atoms with E-state index >= 15 is 0 Å². The van der Waals surface area contributed by atoms with Gasteiger partial charge in [0.1, 0.15) is 27.1 Å². The Morgan fingerprint density at radius 2 is 0.829 bits per heavy atom. The molecule has 10 aromatic rings. The summed E-state index contributed by atoms with van der Waals surface area (Å²) in [5, 5.41) is 4.91. The molecule has 350 valence electrons. The zero-order chi connectivity index (χ0) is 49.6. The van der Waals surface area contributed by atoms with Crippen molar-refractivity contribution < 1.29 is 0 Å². The summed E-state index contributed by atoms with van der Waals surface area (Å²) in [4.78, 5) is 87.7. The van der Waals surface area contributed by atoms with Crippen molar-refractivity contribution in [3.8, 4) is 22.7 Å². The Morgan fingerprint density at radius 1 is 0.471 bits per heavy atom. The lowest BCUT2D eigenvalue weighted by Gasteiger charge is -2.18. The van der Waals surface area contributed by atoms with Gasteiger partial charge in [-0.3, -0.25) is 18.7 Å². The van der Waals surface area contributed by atoms with Crippen LogP contribution in [0.3, 0.4) is 0 Å². The normalized spacial score (nSPS) is 10.8. The van der Waals surface area contributed by atoms with Gasteiger partial charge in [0.25, 0.3) is 11.1 Å². The quantitative estimate of drug-likeness (QED) is 0.0911. The van der Waals surface area contributed by atoms with Crippen LogP contribution in [-0.4, -0.2) is 43.6 Å². The third-order valence-electron chi connectivity index (χ3n) is 10.8. The fraction of sp³-hybridized carbons (Fsp3) is 0.0588. The second-order valence-electron chi connectivity index (χ2n) is 15.2. The van der Waals surface area contributed by atoms with E-state index in [0.29, 0.717) is 33.5 Å². The smallest absolute Gasteiger partial charge is 0.350 e. The molecule has 0 bridgehead atoms. The van der Waals surface area contributed by atoms with E-state index in [1.807, 2.05) is 18.2 Å². The van der Waals surface area contributed by atoms with Crippen LogP contribution in [0.25, 0.3) is 44.8 Å². The van der Waals surface area contributed by atoms with Gasteiger partial charge in [-0.2, -0.15) is 9.97 Å². The molecule has 0 unspecified atom stereocenters. The van der Waals surface area contributed by atoms with Crippen molar-refractivity contribution in [2.75, 3.05) is 17.3 Å². The highest BCUT2D eigenvalue weighted by Crippen LogP contribution is 2.24. The van der Waals surface area contributed by atoms with Gasteiger partial charge in [-0.15, -0.1) is 11.8 Å². The van der Waals surface area contributed by atoms with E-state index in [2.05, 4.69) is 15.3 Å². The molecule has 10 rings (SSSR count). The molecule has 70 heavy (non-hydrogen) atoms. The van der Waals surface area contributed by atoms with E-state index in [-0.39, 0.29) is 32.9 Å². The van der Waals surface area contributed by atoms with Gasteiger partial charge in [0.15, 0.2) is 5.82 Å². The molecule has 0 atom stereocenters. The molecule has 4 heterocycles. The monoisotopic (exact) mass is 990 g/mol. The lowest BCUT2D eigenvalue weighted by molar-refractivity contribution is 0.749. The fourth-order valence-corrected chi connectivity index (χ4v) is 8.25. The number of halogens is 2. The number of fused-ring (bicyclic) bond motifs is 2. The minimum atomic E-state index is -0.620. The van der Waals surface area contributed by atoms with E-state index in [9.17, 15) is 28.8 Å². The SMILES string of the molecule is CSc1nc(=O)n(C)c2c1c(=O)n(-c1ccccc1)c(=O)n2-c1ccccc1.Cn1c(=O)nc(Nc2ccc(Cl)cc2)c2c(=O)n(-c3ccccc3)c(=O)n(-c3ccccc3)c21.Nc1ccc(Cl)cc1. The number of anilines is 3. The Balaban J connectivity index is 0.000000164. The van der Waals surface area contributed by atoms with Crippen LogP contribution < -0.4 is 44.9 Å². The molecular weight excluding hydrogens is 952 g/mol. The average molecular weight is 992 g/mol. The first-order chi connectivity index (χ1) is 33.8. The van der Waals surface area contributed by atoms with Crippen molar-refractivity contribution in [2.24, 2.45) is 14.1 Å². The number of rotatable bonds is 7. The van der Waals surface area contributed by atoms with Crippen LogP contribution in [0.15, 0.2) is 204 Å². The van der Waals surface area contributed by atoms with Crippen molar-refractivity contribution in [1.82, 2.24) is 37.4 Å². The van der Waals surface area contributed by atoms with E-state index < -0.39 is 33.9 Å². The molecule has 0 spiro atoms. The molecule has 0 radical (unpaired) electrons. The van der Waals surface area contributed by atoms with Crippen molar-refractivity contribution in [3.05, 3.63) is 243 Å². The van der Waals surface area contributed by atoms with Crippen LogP contribution in [0.4, 0.5) is 17.2 Å². The van der Waals surface area contributed by atoms with E-state index in [1.165, 1.54) is 44.1 Å². The molecule has 3 N–H and O–H groups in total. The largest absolute Gasteiger partial charge is 0.399 e. The highest BCUT2D eigenvalue weighted by molar-refractivity contribution is 7.98. The van der Waals surface area contributed by atoms with Crippen molar-refractivity contribution in [2.45, 2.75) is 5.03 Å². The molecule has 0 fully saturated rings. The lowest BCUT2D eigenvalue weighted by atomic mass is 10.2. The fourth-order valence-electron chi connectivity index (χ4n) is 7.45. The summed E-state index contributed by atoms with van der Waals surface area (Å²) in [6.07, 6.45) is 1.74. The van der Waals surface area contributed by atoms with Crippen molar-refractivity contribution >= 4 is 74.2 Å². The third-order valence-corrected chi connectivity index (χ3v) is 11.9. The summed E-state index contributed by atoms with van der Waals surface area (Å²) in [6, 6.07) is 48.9. The number of thioether (sulfide) groups is 1. The van der Waals surface area contributed by atoms with Gasteiger partial charge >= 0.3 is 22.8 Å². The predicted molar refractivity (Wildman–Crippen MR) is 279 cm³/mol. The number of aromatic nitrogens is 8. The first-order valence-corrected chi connectivity index (χ1v) is 23.1. The Morgan fingerprint density at radius 3 is 1.23 bits per heavy atom. The number of nitrogens with two attached hydrogens (primary N) is 1. The summed E-state index contributed by atoms with van der Waals surface area (Å²) in [5.41, 5.74) is 5.53. The Labute approximate surface area is 411 Å². The van der Waals surface area contributed by atoms with Crippen molar-refractivity contribution in [3.63, 3.8) is 0 Å². The maximum absolute atomic E-state index is 13.8.